The Labute approximate surface area is 111 Å². The molecule has 1 aliphatic heterocycles. The summed E-state index contributed by atoms with van der Waals surface area (Å²) in [7, 11) is 3.47. The van der Waals surface area contributed by atoms with E-state index >= 15 is 0 Å². The zero-order valence-electron chi connectivity index (χ0n) is 11.8. The Morgan fingerprint density at radius 3 is 2.17 bits per heavy atom. The predicted octanol–water partition coefficient (Wildman–Crippen LogP) is 0.335. The summed E-state index contributed by atoms with van der Waals surface area (Å²) in [6, 6.07) is 0.416. The standard InChI is InChI=1S/C13H28N2O3/c1-16-9-5-15(6-10-17-2)13(11-14)12-3-7-18-8-4-12/h12-13H,3-11,14H2,1-2H3. The molecule has 0 aromatic carbocycles. The number of nitrogens with zero attached hydrogens (tertiary/aromatic N) is 1. The number of hydrogen-bond acceptors (Lipinski definition) is 5. The average Bonchev–Trinajstić information content (AvgIpc) is 2.43. The Morgan fingerprint density at radius 2 is 1.72 bits per heavy atom. The van der Waals surface area contributed by atoms with Crippen molar-refractivity contribution in [3.63, 3.8) is 0 Å². The lowest BCUT2D eigenvalue weighted by Crippen LogP contribution is -2.49. The van der Waals surface area contributed by atoms with Gasteiger partial charge in [0.05, 0.1) is 13.2 Å². The first-order valence-corrected chi connectivity index (χ1v) is 6.83. The molecule has 0 aromatic rings. The van der Waals surface area contributed by atoms with Crippen LogP contribution in [0.5, 0.6) is 0 Å². The van der Waals surface area contributed by atoms with Crippen LogP contribution in [0, 0.1) is 5.92 Å². The van der Waals surface area contributed by atoms with E-state index in [0.717, 1.165) is 52.4 Å². The third kappa shape index (κ3) is 5.20. The highest BCUT2D eigenvalue weighted by Gasteiger charge is 2.27. The fourth-order valence-electron chi connectivity index (χ4n) is 2.60. The van der Waals surface area contributed by atoms with Gasteiger partial charge in [-0.15, -0.1) is 0 Å². The lowest BCUT2D eigenvalue weighted by Gasteiger charge is -2.38. The predicted molar refractivity (Wildman–Crippen MR) is 71.7 cm³/mol. The molecule has 0 radical (unpaired) electrons. The zero-order valence-corrected chi connectivity index (χ0v) is 11.8. The second-order valence-corrected chi connectivity index (χ2v) is 4.77. The minimum atomic E-state index is 0.416. The van der Waals surface area contributed by atoms with E-state index in [9.17, 15) is 0 Å². The molecular weight excluding hydrogens is 232 g/mol. The fraction of sp³-hybridized carbons (Fsp3) is 1.00. The van der Waals surface area contributed by atoms with Crippen molar-refractivity contribution in [2.75, 3.05) is 60.3 Å². The van der Waals surface area contributed by atoms with Crippen molar-refractivity contribution in [3.8, 4) is 0 Å². The number of rotatable bonds is 9. The van der Waals surface area contributed by atoms with E-state index < -0.39 is 0 Å². The molecule has 5 nitrogen and oxygen atoms in total. The molecule has 1 heterocycles. The molecule has 0 saturated carbocycles. The van der Waals surface area contributed by atoms with Gasteiger partial charge in [0.2, 0.25) is 0 Å². The van der Waals surface area contributed by atoms with Gasteiger partial charge in [-0.1, -0.05) is 0 Å². The van der Waals surface area contributed by atoms with Gasteiger partial charge in [0.15, 0.2) is 0 Å². The van der Waals surface area contributed by atoms with Gasteiger partial charge < -0.3 is 19.9 Å². The van der Waals surface area contributed by atoms with Gasteiger partial charge in [0.1, 0.15) is 0 Å². The summed E-state index contributed by atoms with van der Waals surface area (Å²) >= 11 is 0. The maximum atomic E-state index is 5.98. The largest absolute Gasteiger partial charge is 0.383 e. The summed E-state index contributed by atoms with van der Waals surface area (Å²) in [5.74, 6) is 0.637. The molecule has 0 aromatic heterocycles. The first-order valence-electron chi connectivity index (χ1n) is 6.83. The van der Waals surface area contributed by atoms with Gasteiger partial charge in [-0.25, -0.2) is 0 Å². The van der Waals surface area contributed by atoms with Crippen LogP contribution in [0.1, 0.15) is 12.8 Å². The van der Waals surface area contributed by atoms with E-state index in [-0.39, 0.29) is 0 Å². The molecule has 2 N–H and O–H groups in total. The van der Waals surface area contributed by atoms with Gasteiger partial charge in [0, 0.05) is 53.1 Å². The fourth-order valence-corrected chi connectivity index (χ4v) is 2.60. The third-order valence-corrected chi connectivity index (χ3v) is 3.69. The van der Waals surface area contributed by atoms with E-state index in [0.29, 0.717) is 18.5 Å². The van der Waals surface area contributed by atoms with Gasteiger partial charge >= 0.3 is 0 Å². The number of ether oxygens (including phenoxy) is 3. The molecule has 0 aliphatic carbocycles. The zero-order chi connectivity index (χ0) is 13.2. The average molecular weight is 260 g/mol. The Bertz CT molecular complexity index is 191. The molecule has 1 fully saturated rings. The molecule has 0 bridgehead atoms. The Balaban J connectivity index is 2.52. The summed E-state index contributed by atoms with van der Waals surface area (Å²) in [6.45, 7) is 5.73. The molecular formula is C13H28N2O3. The number of hydrogen-bond donors (Lipinski definition) is 1. The van der Waals surface area contributed by atoms with E-state index in [4.69, 9.17) is 19.9 Å². The normalized spacial score (nSPS) is 19.3. The number of nitrogens with two attached hydrogens (primary N) is 1. The molecule has 1 atom stereocenters. The van der Waals surface area contributed by atoms with Crippen molar-refractivity contribution in [3.05, 3.63) is 0 Å². The van der Waals surface area contributed by atoms with Crippen molar-refractivity contribution in [1.82, 2.24) is 4.90 Å². The summed E-state index contributed by atoms with van der Waals surface area (Å²) in [6.07, 6.45) is 2.22. The first-order chi connectivity index (χ1) is 8.83. The lowest BCUT2D eigenvalue weighted by molar-refractivity contribution is 0.0134. The summed E-state index contributed by atoms with van der Waals surface area (Å²) in [5, 5.41) is 0. The quantitative estimate of drug-likeness (QED) is 0.648. The summed E-state index contributed by atoms with van der Waals surface area (Å²) in [5.41, 5.74) is 5.98. The second-order valence-electron chi connectivity index (χ2n) is 4.77. The maximum absolute atomic E-state index is 5.98. The highest BCUT2D eigenvalue weighted by Crippen LogP contribution is 2.22. The SMILES string of the molecule is COCCN(CCOC)C(CN)C1CCOCC1. The Hall–Kier alpha value is -0.200. The van der Waals surface area contributed by atoms with Crippen LogP contribution in [0.3, 0.4) is 0 Å². The molecule has 1 rings (SSSR count). The highest BCUT2D eigenvalue weighted by atomic mass is 16.5. The summed E-state index contributed by atoms with van der Waals surface area (Å²) in [4.78, 5) is 2.41. The maximum Gasteiger partial charge on any atom is 0.0589 e. The molecule has 108 valence electrons. The lowest BCUT2D eigenvalue weighted by atomic mass is 9.90. The van der Waals surface area contributed by atoms with Gasteiger partial charge in [-0.3, -0.25) is 4.90 Å². The molecule has 1 saturated heterocycles. The minimum absolute atomic E-state index is 0.416. The molecule has 5 heteroatoms. The van der Waals surface area contributed by atoms with Crippen molar-refractivity contribution >= 4 is 0 Å². The van der Waals surface area contributed by atoms with E-state index in [1.165, 1.54) is 0 Å². The topological polar surface area (TPSA) is 57.0 Å². The van der Waals surface area contributed by atoms with Crippen LogP contribution in [0.4, 0.5) is 0 Å². The van der Waals surface area contributed by atoms with E-state index in [2.05, 4.69) is 4.90 Å². The first kappa shape index (κ1) is 15.9. The van der Waals surface area contributed by atoms with Crippen molar-refractivity contribution in [2.24, 2.45) is 11.7 Å². The third-order valence-electron chi connectivity index (χ3n) is 3.69. The van der Waals surface area contributed by atoms with Crippen LogP contribution in [-0.4, -0.2) is 71.2 Å². The Morgan fingerprint density at radius 1 is 1.17 bits per heavy atom. The van der Waals surface area contributed by atoms with Crippen LogP contribution < -0.4 is 5.73 Å². The van der Waals surface area contributed by atoms with Crippen molar-refractivity contribution < 1.29 is 14.2 Å². The van der Waals surface area contributed by atoms with E-state index in [1.54, 1.807) is 14.2 Å². The van der Waals surface area contributed by atoms with Gasteiger partial charge in [0.25, 0.3) is 0 Å². The second kappa shape index (κ2) is 9.69. The number of methoxy groups -OCH3 is 2. The molecule has 18 heavy (non-hydrogen) atoms. The smallest absolute Gasteiger partial charge is 0.0589 e. The summed E-state index contributed by atoms with van der Waals surface area (Å²) < 4.78 is 15.8. The van der Waals surface area contributed by atoms with Crippen LogP contribution >= 0.6 is 0 Å². The molecule has 1 unspecified atom stereocenters. The van der Waals surface area contributed by atoms with Crippen LogP contribution in [0.2, 0.25) is 0 Å². The highest BCUT2D eigenvalue weighted by molar-refractivity contribution is 4.82. The van der Waals surface area contributed by atoms with E-state index in [1.807, 2.05) is 0 Å². The monoisotopic (exact) mass is 260 g/mol. The van der Waals surface area contributed by atoms with Crippen molar-refractivity contribution in [1.29, 1.82) is 0 Å². The van der Waals surface area contributed by atoms with Gasteiger partial charge in [-0.05, 0) is 18.8 Å². The Kier molecular flexibility index (Phi) is 8.54. The molecule has 0 spiro atoms. The van der Waals surface area contributed by atoms with Gasteiger partial charge in [-0.2, -0.15) is 0 Å². The minimum Gasteiger partial charge on any atom is -0.383 e. The van der Waals surface area contributed by atoms with Crippen molar-refractivity contribution in [2.45, 2.75) is 18.9 Å². The molecule has 0 amide bonds. The van der Waals surface area contributed by atoms with Crippen LogP contribution in [-0.2, 0) is 14.2 Å². The van der Waals surface area contributed by atoms with Crippen LogP contribution in [0.15, 0.2) is 0 Å². The molecule has 1 aliphatic rings. The van der Waals surface area contributed by atoms with Crippen LogP contribution in [0.25, 0.3) is 0 Å².